The summed E-state index contributed by atoms with van der Waals surface area (Å²) in [6.45, 7) is 0. The molecule has 0 spiro atoms. The molecule has 2 nitrogen and oxygen atoms in total. The molecule has 1 aliphatic rings. The van der Waals surface area contributed by atoms with E-state index >= 15 is 0 Å². The van der Waals surface area contributed by atoms with E-state index in [1.165, 1.54) is 0 Å². The van der Waals surface area contributed by atoms with Gasteiger partial charge in [0.25, 0.3) is 0 Å². The van der Waals surface area contributed by atoms with Crippen LogP contribution in [-0.2, 0) is 4.79 Å². The number of carboxylic acid groups (broad SMARTS) is 1. The number of carboxylic acids is 1. The fourth-order valence-corrected chi connectivity index (χ4v) is 0.892. The summed E-state index contributed by atoms with van der Waals surface area (Å²) in [5.74, 6) is -1.13. The largest absolute Gasteiger partial charge is 0.481 e. The maximum atomic E-state index is 10.5. The number of hydrogen-bond acceptors (Lipinski definition) is 1. The fourth-order valence-electron chi connectivity index (χ4n) is 0.892. The lowest BCUT2D eigenvalue weighted by atomic mass is 10.0. The van der Waals surface area contributed by atoms with E-state index in [9.17, 15) is 4.79 Å². The second-order valence-electron chi connectivity index (χ2n) is 2.38. The molecule has 0 fully saturated rings. The van der Waals surface area contributed by atoms with Gasteiger partial charge in [-0.25, -0.2) is 0 Å². The van der Waals surface area contributed by atoms with Crippen LogP contribution in [0.15, 0.2) is 36.5 Å². The van der Waals surface area contributed by atoms with E-state index in [1.807, 2.05) is 24.3 Å². The molecule has 0 saturated heterocycles. The van der Waals surface area contributed by atoms with Crippen LogP contribution in [0, 0.1) is 5.92 Å². The van der Waals surface area contributed by atoms with Gasteiger partial charge in [0, 0.05) is 0 Å². The Kier molecular flexibility index (Phi) is 2.66. The number of aliphatic carboxylic acids is 1. The summed E-state index contributed by atoms with van der Waals surface area (Å²) in [6.07, 6.45) is 11.5. The lowest BCUT2D eigenvalue weighted by Crippen LogP contribution is -2.09. The van der Waals surface area contributed by atoms with Gasteiger partial charge in [0.2, 0.25) is 0 Å². The Morgan fingerprint density at radius 1 is 1.27 bits per heavy atom. The molecule has 58 valence electrons. The van der Waals surface area contributed by atoms with Crippen LogP contribution in [0.3, 0.4) is 0 Å². The van der Waals surface area contributed by atoms with Crippen molar-refractivity contribution < 1.29 is 9.90 Å². The van der Waals surface area contributed by atoms with Crippen LogP contribution in [0.5, 0.6) is 0 Å². The second-order valence-corrected chi connectivity index (χ2v) is 2.38. The molecule has 0 radical (unpaired) electrons. The zero-order valence-electron chi connectivity index (χ0n) is 6.10. The summed E-state index contributed by atoms with van der Waals surface area (Å²) in [6, 6.07) is 0. The third kappa shape index (κ3) is 2.42. The van der Waals surface area contributed by atoms with Crippen LogP contribution in [0.1, 0.15) is 6.42 Å². The van der Waals surface area contributed by atoms with Gasteiger partial charge in [0.1, 0.15) is 0 Å². The average Bonchev–Trinajstić information content (AvgIpc) is 1.84. The normalized spacial score (nSPS) is 31.5. The smallest absolute Gasteiger partial charge is 0.310 e. The van der Waals surface area contributed by atoms with E-state index in [1.54, 1.807) is 12.2 Å². The third-order valence-electron chi connectivity index (χ3n) is 1.52. The topological polar surface area (TPSA) is 37.3 Å². The fraction of sp³-hybridized carbons (Fsp3) is 0.222. The van der Waals surface area contributed by atoms with Crippen LogP contribution in [0.4, 0.5) is 0 Å². The summed E-state index contributed by atoms with van der Waals surface area (Å²) in [4.78, 5) is 10.5. The zero-order chi connectivity index (χ0) is 8.10. The number of allylic oxidation sites excluding steroid dienone is 5. The molecule has 11 heavy (non-hydrogen) atoms. The summed E-state index contributed by atoms with van der Waals surface area (Å²) in [7, 11) is 0. The monoisotopic (exact) mass is 150 g/mol. The SMILES string of the molecule is O=C(O)C1\C=C/C=C\C=C/C1. The Balaban J connectivity index is 2.68. The first kappa shape index (κ1) is 7.79. The van der Waals surface area contributed by atoms with E-state index in [-0.39, 0.29) is 5.92 Å². The van der Waals surface area contributed by atoms with Crippen molar-refractivity contribution in [2.75, 3.05) is 0 Å². The molecule has 0 aromatic heterocycles. The lowest BCUT2D eigenvalue weighted by molar-refractivity contribution is -0.139. The molecule has 0 aromatic carbocycles. The Bertz CT molecular complexity index is 224. The van der Waals surface area contributed by atoms with E-state index in [4.69, 9.17) is 5.11 Å². The number of rotatable bonds is 1. The first-order valence-corrected chi connectivity index (χ1v) is 3.53. The van der Waals surface area contributed by atoms with Crippen LogP contribution in [-0.4, -0.2) is 11.1 Å². The maximum Gasteiger partial charge on any atom is 0.310 e. The molecule has 1 atom stereocenters. The predicted molar refractivity (Wildman–Crippen MR) is 43.2 cm³/mol. The van der Waals surface area contributed by atoms with Gasteiger partial charge in [0.15, 0.2) is 0 Å². The second kappa shape index (κ2) is 3.76. The van der Waals surface area contributed by atoms with Crippen LogP contribution >= 0.6 is 0 Å². The van der Waals surface area contributed by atoms with Crippen LogP contribution < -0.4 is 0 Å². The first-order valence-electron chi connectivity index (χ1n) is 3.53. The molecule has 0 bridgehead atoms. The third-order valence-corrected chi connectivity index (χ3v) is 1.52. The summed E-state index contributed by atoms with van der Waals surface area (Å²) in [5.41, 5.74) is 0. The van der Waals surface area contributed by atoms with E-state index < -0.39 is 5.97 Å². The average molecular weight is 150 g/mol. The Morgan fingerprint density at radius 3 is 2.73 bits per heavy atom. The predicted octanol–water partition coefficient (Wildman–Crippen LogP) is 1.76. The van der Waals surface area contributed by atoms with Crippen molar-refractivity contribution in [3.05, 3.63) is 36.5 Å². The first-order chi connectivity index (χ1) is 5.30. The molecule has 1 N–H and O–H groups in total. The summed E-state index contributed by atoms with van der Waals surface area (Å²) >= 11 is 0. The minimum Gasteiger partial charge on any atom is -0.481 e. The summed E-state index contributed by atoms with van der Waals surface area (Å²) < 4.78 is 0. The molecule has 2 heteroatoms. The van der Waals surface area contributed by atoms with Crippen LogP contribution in [0.25, 0.3) is 0 Å². The Hall–Kier alpha value is -1.31. The molecule has 1 aliphatic carbocycles. The van der Waals surface area contributed by atoms with Gasteiger partial charge in [-0.1, -0.05) is 36.5 Å². The molecule has 0 amide bonds. The quantitative estimate of drug-likeness (QED) is 0.618. The van der Waals surface area contributed by atoms with Crippen molar-refractivity contribution >= 4 is 5.97 Å². The molecule has 1 rings (SSSR count). The molecule has 0 heterocycles. The van der Waals surface area contributed by atoms with Gasteiger partial charge < -0.3 is 5.11 Å². The molecule has 0 aromatic rings. The Morgan fingerprint density at radius 2 is 2.00 bits per heavy atom. The highest BCUT2D eigenvalue weighted by atomic mass is 16.4. The van der Waals surface area contributed by atoms with Crippen molar-refractivity contribution in [2.24, 2.45) is 5.92 Å². The zero-order valence-corrected chi connectivity index (χ0v) is 6.10. The van der Waals surface area contributed by atoms with E-state index in [2.05, 4.69) is 0 Å². The van der Waals surface area contributed by atoms with Gasteiger partial charge in [-0.05, 0) is 6.42 Å². The lowest BCUT2D eigenvalue weighted by Gasteiger charge is -2.03. The van der Waals surface area contributed by atoms with Gasteiger partial charge in [-0.3, -0.25) is 4.79 Å². The minimum atomic E-state index is -0.763. The highest BCUT2D eigenvalue weighted by Crippen LogP contribution is 2.08. The van der Waals surface area contributed by atoms with Gasteiger partial charge in [-0.2, -0.15) is 0 Å². The Labute approximate surface area is 65.5 Å². The molecule has 1 unspecified atom stereocenters. The maximum absolute atomic E-state index is 10.5. The van der Waals surface area contributed by atoms with E-state index in [0.29, 0.717) is 6.42 Å². The van der Waals surface area contributed by atoms with Crippen molar-refractivity contribution in [2.45, 2.75) is 6.42 Å². The van der Waals surface area contributed by atoms with Gasteiger partial charge in [-0.15, -0.1) is 0 Å². The van der Waals surface area contributed by atoms with Crippen molar-refractivity contribution in [3.63, 3.8) is 0 Å². The van der Waals surface area contributed by atoms with Crippen molar-refractivity contribution in [1.29, 1.82) is 0 Å². The highest BCUT2D eigenvalue weighted by Gasteiger charge is 2.10. The van der Waals surface area contributed by atoms with E-state index in [0.717, 1.165) is 0 Å². The van der Waals surface area contributed by atoms with Gasteiger partial charge in [0.05, 0.1) is 5.92 Å². The molecule has 0 saturated carbocycles. The van der Waals surface area contributed by atoms with Crippen molar-refractivity contribution in [3.8, 4) is 0 Å². The van der Waals surface area contributed by atoms with Gasteiger partial charge >= 0.3 is 5.97 Å². The molecular weight excluding hydrogens is 140 g/mol. The highest BCUT2D eigenvalue weighted by molar-refractivity contribution is 5.72. The molecular formula is C9H10O2. The molecule has 0 aliphatic heterocycles. The minimum absolute atomic E-state index is 0.365. The standard InChI is InChI=1S/C9H10O2/c10-9(11)8-6-4-2-1-3-5-7-8/h1-6,8H,7H2,(H,10,11)/b2-1-,5-3-,6-4-. The van der Waals surface area contributed by atoms with Crippen molar-refractivity contribution in [1.82, 2.24) is 0 Å². The number of carbonyl (C=O) groups is 1. The van der Waals surface area contributed by atoms with Crippen LogP contribution in [0.2, 0.25) is 0 Å². The summed E-state index contributed by atoms with van der Waals surface area (Å²) in [5, 5.41) is 8.65. The number of hydrogen-bond donors (Lipinski definition) is 1.